The van der Waals surface area contributed by atoms with Crippen molar-refractivity contribution in [2.75, 3.05) is 7.11 Å². The summed E-state index contributed by atoms with van der Waals surface area (Å²) in [6.07, 6.45) is 9.24. The molecule has 1 aliphatic rings. The first-order valence-electron chi connectivity index (χ1n) is 7.95. The molecule has 3 nitrogen and oxygen atoms in total. The highest BCUT2D eigenvalue weighted by Gasteiger charge is 2.11. The monoisotopic (exact) mass is 306 g/mol. The Bertz CT molecular complexity index is 425. The average Bonchev–Trinajstić information content (AvgIpc) is 2.48. The molecule has 0 saturated heterocycles. The maximum Gasteiger partial charge on any atom is 0.166 e. The topological polar surface area (TPSA) is 33.3 Å². The van der Waals surface area contributed by atoms with Crippen LogP contribution in [0.1, 0.15) is 50.5 Å². The molecule has 0 heterocycles. The van der Waals surface area contributed by atoms with Crippen LogP contribution in [0.5, 0.6) is 5.75 Å². The largest absolute Gasteiger partial charge is 0.497 e. The molecule has 1 aliphatic carbocycles. The van der Waals surface area contributed by atoms with Gasteiger partial charge in [-0.15, -0.1) is 0 Å². The fourth-order valence-electron chi connectivity index (χ4n) is 2.76. The molecule has 21 heavy (non-hydrogen) atoms. The Kier molecular flexibility index (Phi) is 6.80. The van der Waals surface area contributed by atoms with E-state index in [4.69, 9.17) is 17.0 Å². The van der Waals surface area contributed by atoms with Crippen LogP contribution in [0.3, 0.4) is 0 Å². The zero-order valence-electron chi connectivity index (χ0n) is 12.9. The van der Waals surface area contributed by atoms with Gasteiger partial charge in [-0.1, -0.05) is 44.2 Å². The van der Waals surface area contributed by atoms with Crippen molar-refractivity contribution in [3.63, 3.8) is 0 Å². The lowest BCUT2D eigenvalue weighted by Gasteiger charge is -2.22. The second kappa shape index (κ2) is 8.88. The van der Waals surface area contributed by atoms with Crippen molar-refractivity contribution >= 4 is 17.3 Å². The predicted octanol–water partition coefficient (Wildman–Crippen LogP) is 3.77. The Hall–Kier alpha value is -1.29. The molecule has 0 radical (unpaired) electrons. The lowest BCUT2D eigenvalue weighted by molar-refractivity contribution is 0.414. The van der Waals surface area contributed by atoms with Gasteiger partial charge in [0.15, 0.2) is 5.11 Å². The van der Waals surface area contributed by atoms with Gasteiger partial charge in [-0.05, 0) is 42.8 Å². The molecule has 0 bridgehead atoms. The van der Waals surface area contributed by atoms with Crippen LogP contribution >= 0.6 is 12.2 Å². The normalized spacial score (nSPS) is 16.6. The number of rotatable bonds is 4. The molecule has 1 saturated carbocycles. The number of thiocarbonyl (C=S) groups is 1. The summed E-state index contributed by atoms with van der Waals surface area (Å²) in [6, 6.07) is 8.61. The molecular formula is C17H26N2OS. The lowest BCUT2D eigenvalue weighted by Crippen LogP contribution is -2.41. The minimum absolute atomic E-state index is 0.543. The summed E-state index contributed by atoms with van der Waals surface area (Å²) >= 11 is 5.41. The minimum Gasteiger partial charge on any atom is -0.497 e. The molecule has 4 heteroatoms. The van der Waals surface area contributed by atoms with Gasteiger partial charge in [-0.3, -0.25) is 0 Å². The first-order valence-corrected chi connectivity index (χ1v) is 8.36. The standard InChI is InChI=1S/C17H26N2OS/c1-20-16-11-9-14(10-12-16)13-18-17(21)19-15-7-5-3-2-4-6-8-15/h9-12,15H,2-8,13H2,1H3,(H2,18,19,21). The molecule has 1 aromatic carbocycles. The first-order chi connectivity index (χ1) is 10.3. The Morgan fingerprint density at radius 1 is 1.10 bits per heavy atom. The van der Waals surface area contributed by atoms with Crippen LogP contribution in [0.15, 0.2) is 24.3 Å². The molecule has 116 valence electrons. The maximum atomic E-state index is 5.41. The Balaban J connectivity index is 1.72. The van der Waals surface area contributed by atoms with Gasteiger partial charge in [0.2, 0.25) is 0 Å². The highest BCUT2D eigenvalue weighted by molar-refractivity contribution is 7.80. The number of methoxy groups -OCH3 is 1. The molecule has 0 amide bonds. The molecule has 1 fully saturated rings. The molecular weight excluding hydrogens is 280 g/mol. The van der Waals surface area contributed by atoms with Crippen LogP contribution in [-0.4, -0.2) is 18.3 Å². The number of ether oxygens (including phenoxy) is 1. The fourth-order valence-corrected chi connectivity index (χ4v) is 3.00. The Morgan fingerprint density at radius 2 is 1.71 bits per heavy atom. The van der Waals surface area contributed by atoms with E-state index >= 15 is 0 Å². The van der Waals surface area contributed by atoms with Crippen molar-refractivity contribution in [1.82, 2.24) is 10.6 Å². The van der Waals surface area contributed by atoms with Crippen molar-refractivity contribution in [1.29, 1.82) is 0 Å². The molecule has 0 spiro atoms. The second-order valence-corrected chi connectivity index (χ2v) is 6.13. The van der Waals surface area contributed by atoms with Gasteiger partial charge >= 0.3 is 0 Å². The molecule has 1 aromatic rings. The van der Waals surface area contributed by atoms with Gasteiger partial charge in [-0.25, -0.2) is 0 Å². The summed E-state index contributed by atoms with van der Waals surface area (Å²) in [5.74, 6) is 0.883. The van der Waals surface area contributed by atoms with Gasteiger partial charge < -0.3 is 15.4 Å². The molecule has 2 rings (SSSR count). The van der Waals surface area contributed by atoms with E-state index in [0.29, 0.717) is 6.04 Å². The summed E-state index contributed by atoms with van der Waals surface area (Å²) < 4.78 is 5.16. The van der Waals surface area contributed by atoms with Gasteiger partial charge in [0, 0.05) is 12.6 Å². The number of hydrogen-bond donors (Lipinski definition) is 2. The molecule has 2 N–H and O–H groups in total. The third kappa shape index (κ3) is 5.92. The van der Waals surface area contributed by atoms with E-state index in [0.717, 1.165) is 17.4 Å². The third-order valence-corrected chi connectivity index (χ3v) is 4.31. The number of hydrogen-bond acceptors (Lipinski definition) is 2. The zero-order valence-corrected chi connectivity index (χ0v) is 13.7. The van der Waals surface area contributed by atoms with Gasteiger partial charge in [0.25, 0.3) is 0 Å². The highest BCUT2D eigenvalue weighted by Crippen LogP contribution is 2.17. The summed E-state index contributed by atoms with van der Waals surface area (Å²) in [4.78, 5) is 0. The minimum atomic E-state index is 0.543. The summed E-state index contributed by atoms with van der Waals surface area (Å²) in [6.45, 7) is 0.753. The average molecular weight is 306 g/mol. The van der Waals surface area contributed by atoms with Crippen LogP contribution in [0.4, 0.5) is 0 Å². The van der Waals surface area contributed by atoms with Crippen LogP contribution in [0.2, 0.25) is 0 Å². The van der Waals surface area contributed by atoms with E-state index in [-0.39, 0.29) is 0 Å². The van der Waals surface area contributed by atoms with Crippen molar-refractivity contribution in [3.8, 4) is 5.75 Å². The van der Waals surface area contributed by atoms with E-state index < -0.39 is 0 Å². The van der Waals surface area contributed by atoms with E-state index in [9.17, 15) is 0 Å². The first kappa shape index (κ1) is 16.1. The quantitative estimate of drug-likeness (QED) is 0.830. The van der Waals surface area contributed by atoms with Crippen LogP contribution in [0, 0.1) is 0 Å². The maximum absolute atomic E-state index is 5.41. The van der Waals surface area contributed by atoms with Crippen molar-refractivity contribution in [2.45, 2.75) is 57.5 Å². The molecule has 0 unspecified atom stereocenters. The Labute approximate surface area is 133 Å². The van der Waals surface area contributed by atoms with Gasteiger partial charge in [0.05, 0.1) is 7.11 Å². The van der Waals surface area contributed by atoms with Crippen molar-refractivity contribution < 1.29 is 4.74 Å². The van der Waals surface area contributed by atoms with E-state index in [1.165, 1.54) is 50.5 Å². The molecule has 0 aromatic heterocycles. The second-order valence-electron chi connectivity index (χ2n) is 5.72. The van der Waals surface area contributed by atoms with Crippen LogP contribution < -0.4 is 15.4 Å². The van der Waals surface area contributed by atoms with E-state index in [1.807, 2.05) is 12.1 Å². The predicted molar refractivity (Wildman–Crippen MR) is 91.7 cm³/mol. The van der Waals surface area contributed by atoms with Crippen molar-refractivity contribution in [2.24, 2.45) is 0 Å². The van der Waals surface area contributed by atoms with Crippen LogP contribution in [-0.2, 0) is 6.54 Å². The lowest BCUT2D eigenvalue weighted by atomic mass is 9.97. The SMILES string of the molecule is COc1ccc(CNC(=S)NC2CCCCCCC2)cc1. The zero-order chi connectivity index (χ0) is 14.9. The van der Waals surface area contributed by atoms with Crippen molar-refractivity contribution in [3.05, 3.63) is 29.8 Å². The van der Waals surface area contributed by atoms with Crippen LogP contribution in [0.25, 0.3) is 0 Å². The van der Waals surface area contributed by atoms with E-state index in [2.05, 4.69) is 22.8 Å². The Morgan fingerprint density at radius 3 is 2.33 bits per heavy atom. The highest BCUT2D eigenvalue weighted by atomic mass is 32.1. The third-order valence-electron chi connectivity index (χ3n) is 4.05. The number of benzene rings is 1. The smallest absolute Gasteiger partial charge is 0.166 e. The van der Waals surface area contributed by atoms with Gasteiger partial charge in [-0.2, -0.15) is 0 Å². The summed E-state index contributed by atoms with van der Waals surface area (Å²) in [7, 11) is 1.68. The van der Waals surface area contributed by atoms with E-state index in [1.54, 1.807) is 7.11 Å². The molecule has 0 atom stereocenters. The summed E-state index contributed by atoms with van der Waals surface area (Å²) in [5.41, 5.74) is 1.21. The number of nitrogens with one attached hydrogen (secondary N) is 2. The molecule has 0 aliphatic heterocycles. The van der Waals surface area contributed by atoms with Gasteiger partial charge in [0.1, 0.15) is 5.75 Å². The fraction of sp³-hybridized carbons (Fsp3) is 0.588. The summed E-state index contributed by atoms with van der Waals surface area (Å²) in [5, 5.41) is 7.55.